The van der Waals surface area contributed by atoms with Gasteiger partial charge in [0.2, 0.25) is 0 Å². The lowest BCUT2D eigenvalue weighted by molar-refractivity contribution is -0.183. The molecule has 5 nitrogen and oxygen atoms in total. The molecule has 1 spiro atoms. The van der Waals surface area contributed by atoms with E-state index in [4.69, 9.17) is 14.2 Å². The van der Waals surface area contributed by atoms with Gasteiger partial charge in [-0.05, 0) is 26.0 Å². The third-order valence-corrected chi connectivity index (χ3v) is 4.17. The van der Waals surface area contributed by atoms with E-state index in [9.17, 15) is 9.90 Å². The van der Waals surface area contributed by atoms with Gasteiger partial charge in [0.05, 0.1) is 18.3 Å². The van der Waals surface area contributed by atoms with E-state index in [0.29, 0.717) is 31.4 Å². The van der Waals surface area contributed by atoms with E-state index in [0.717, 1.165) is 0 Å². The van der Waals surface area contributed by atoms with Crippen LogP contribution in [0.4, 0.5) is 0 Å². The number of aliphatic hydroxyl groups is 1. The minimum Gasteiger partial charge on any atom is -0.459 e. The van der Waals surface area contributed by atoms with Gasteiger partial charge in [0.1, 0.15) is 11.7 Å². The number of esters is 1. The molecule has 0 bridgehead atoms. The van der Waals surface area contributed by atoms with Crippen LogP contribution in [0.25, 0.3) is 0 Å². The Hall–Kier alpha value is -1.43. The second kappa shape index (κ2) is 5.65. The molecule has 0 aromatic heterocycles. The molecule has 1 saturated heterocycles. The van der Waals surface area contributed by atoms with Crippen molar-refractivity contribution in [2.45, 2.75) is 56.7 Å². The molecular weight excluding hydrogens is 284 g/mol. The first-order chi connectivity index (χ1) is 10.4. The van der Waals surface area contributed by atoms with Crippen molar-refractivity contribution in [3.8, 4) is 0 Å². The van der Waals surface area contributed by atoms with E-state index in [-0.39, 0.29) is 12.1 Å². The van der Waals surface area contributed by atoms with Crippen molar-refractivity contribution in [3.05, 3.63) is 35.9 Å². The van der Waals surface area contributed by atoms with Gasteiger partial charge >= 0.3 is 5.97 Å². The van der Waals surface area contributed by atoms with Gasteiger partial charge in [-0.15, -0.1) is 0 Å². The Morgan fingerprint density at radius 1 is 1.27 bits per heavy atom. The molecule has 1 aliphatic carbocycles. The zero-order valence-electron chi connectivity index (χ0n) is 13.0. The Labute approximate surface area is 130 Å². The van der Waals surface area contributed by atoms with Gasteiger partial charge in [0.25, 0.3) is 0 Å². The van der Waals surface area contributed by atoms with Gasteiger partial charge < -0.3 is 19.3 Å². The average Bonchev–Trinajstić information content (AvgIpc) is 2.73. The highest BCUT2D eigenvalue weighted by Crippen LogP contribution is 2.42. The normalized spacial score (nSPS) is 33.8. The fourth-order valence-electron chi connectivity index (χ4n) is 3.37. The fraction of sp³-hybridized carbons (Fsp3) is 0.588. The molecule has 1 heterocycles. The van der Waals surface area contributed by atoms with Crippen LogP contribution < -0.4 is 0 Å². The average molecular weight is 306 g/mol. The van der Waals surface area contributed by atoms with Gasteiger partial charge in [0, 0.05) is 19.3 Å². The molecule has 1 aromatic rings. The molecule has 2 fully saturated rings. The van der Waals surface area contributed by atoms with E-state index >= 15 is 0 Å². The molecule has 0 amide bonds. The van der Waals surface area contributed by atoms with Crippen LogP contribution in [0.15, 0.2) is 30.3 Å². The monoisotopic (exact) mass is 306 g/mol. The van der Waals surface area contributed by atoms with Crippen LogP contribution in [-0.2, 0) is 14.2 Å². The second-order valence-corrected chi connectivity index (χ2v) is 6.66. The molecular formula is C17H22O5. The summed E-state index contributed by atoms with van der Waals surface area (Å²) in [5.41, 5.74) is -0.0523. The summed E-state index contributed by atoms with van der Waals surface area (Å²) >= 11 is 0. The van der Waals surface area contributed by atoms with E-state index in [1.54, 1.807) is 24.3 Å². The van der Waals surface area contributed by atoms with Crippen molar-refractivity contribution in [1.29, 1.82) is 0 Å². The highest BCUT2D eigenvalue weighted by atomic mass is 16.8. The quantitative estimate of drug-likeness (QED) is 0.849. The number of carbonyl (C=O) groups is 1. The third-order valence-electron chi connectivity index (χ3n) is 4.17. The zero-order valence-corrected chi connectivity index (χ0v) is 13.0. The maximum Gasteiger partial charge on any atom is 0.338 e. The largest absolute Gasteiger partial charge is 0.459 e. The van der Waals surface area contributed by atoms with Crippen LogP contribution >= 0.6 is 0 Å². The molecule has 0 radical (unpaired) electrons. The predicted octanol–water partition coefficient (Wildman–Crippen LogP) is 2.28. The first kappa shape index (κ1) is 15.5. The molecule has 0 unspecified atom stereocenters. The van der Waals surface area contributed by atoms with E-state index in [1.807, 2.05) is 19.9 Å². The minimum atomic E-state index is -0.662. The lowest BCUT2D eigenvalue weighted by atomic mass is 9.81. The molecule has 3 rings (SSSR count). The van der Waals surface area contributed by atoms with Crippen LogP contribution in [-0.4, -0.2) is 41.3 Å². The summed E-state index contributed by atoms with van der Waals surface area (Å²) in [5.74, 6) is -1.03. The number of benzene rings is 1. The topological polar surface area (TPSA) is 65.0 Å². The van der Waals surface area contributed by atoms with Crippen molar-refractivity contribution in [1.82, 2.24) is 0 Å². The summed E-state index contributed by atoms with van der Waals surface area (Å²) in [6.45, 7) is 4.12. The van der Waals surface area contributed by atoms with Crippen LogP contribution in [0.5, 0.6) is 0 Å². The van der Waals surface area contributed by atoms with Crippen LogP contribution in [0.2, 0.25) is 0 Å². The Morgan fingerprint density at radius 3 is 2.64 bits per heavy atom. The first-order valence-electron chi connectivity index (χ1n) is 7.66. The summed E-state index contributed by atoms with van der Waals surface area (Å²) in [5, 5.41) is 10.1. The molecule has 1 saturated carbocycles. The highest BCUT2D eigenvalue weighted by Gasteiger charge is 2.51. The first-order valence-corrected chi connectivity index (χ1v) is 7.66. The second-order valence-electron chi connectivity index (χ2n) is 6.66. The number of carbonyl (C=O) groups excluding carboxylic acids is 1. The maximum absolute atomic E-state index is 12.2. The summed E-state index contributed by atoms with van der Waals surface area (Å²) in [7, 11) is 0. The van der Waals surface area contributed by atoms with Crippen molar-refractivity contribution < 1.29 is 24.1 Å². The lowest BCUT2D eigenvalue weighted by Gasteiger charge is -2.39. The summed E-state index contributed by atoms with van der Waals surface area (Å²) in [6, 6.07) is 8.88. The number of hydrogen-bond donors (Lipinski definition) is 1. The van der Waals surface area contributed by atoms with Crippen LogP contribution in [0.1, 0.15) is 43.5 Å². The number of aliphatic hydroxyl groups excluding tert-OH is 1. The van der Waals surface area contributed by atoms with Gasteiger partial charge in [-0.25, -0.2) is 4.79 Å². The van der Waals surface area contributed by atoms with Gasteiger partial charge in [-0.2, -0.15) is 0 Å². The van der Waals surface area contributed by atoms with Gasteiger partial charge in [0.15, 0.2) is 5.79 Å². The molecule has 1 N–H and O–H groups in total. The minimum absolute atomic E-state index is 0.367. The summed E-state index contributed by atoms with van der Waals surface area (Å²) in [4.78, 5) is 12.2. The third kappa shape index (κ3) is 3.32. The number of rotatable bonds is 2. The molecule has 1 aromatic carbocycles. The van der Waals surface area contributed by atoms with Crippen molar-refractivity contribution in [2.75, 3.05) is 6.61 Å². The Kier molecular flexibility index (Phi) is 3.97. The molecule has 1 aliphatic heterocycles. The Morgan fingerprint density at radius 2 is 2.00 bits per heavy atom. The highest BCUT2D eigenvalue weighted by molar-refractivity contribution is 5.89. The Bertz CT molecular complexity index is 541. The van der Waals surface area contributed by atoms with E-state index in [1.165, 1.54) is 0 Å². The van der Waals surface area contributed by atoms with Gasteiger partial charge in [-0.1, -0.05) is 18.2 Å². The molecule has 5 heteroatoms. The smallest absolute Gasteiger partial charge is 0.338 e. The SMILES string of the molecule is CC1(C)OC[C@@]2(C[C@@H](O)C[C@H](OC(=O)c3ccccc3)C2)O1. The number of ether oxygens (including phenoxy) is 3. The van der Waals surface area contributed by atoms with E-state index < -0.39 is 17.5 Å². The molecule has 22 heavy (non-hydrogen) atoms. The summed E-state index contributed by atoms with van der Waals surface area (Å²) < 4.78 is 17.2. The van der Waals surface area contributed by atoms with Gasteiger partial charge in [-0.3, -0.25) is 0 Å². The molecule has 120 valence electrons. The predicted molar refractivity (Wildman–Crippen MR) is 79.4 cm³/mol. The zero-order chi connectivity index (χ0) is 15.8. The molecule has 3 atom stereocenters. The standard InChI is InChI=1S/C17H22O5/c1-16(2)20-11-17(22-16)9-13(18)8-14(10-17)21-15(19)12-6-4-3-5-7-12/h3-7,13-14,18H,8-11H2,1-2H3/t13-,14-,17-/m0/s1. The fourth-order valence-corrected chi connectivity index (χ4v) is 3.37. The molecule has 2 aliphatic rings. The number of hydrogen-bond acceptors (Lipinski definition) is 5. The van der Waals surface area contributed by atoms with E-state index in [2.05, 4.69) is 0 Å². The lowest BCUT2D eigenvalue weighted by Crippen LogP contribution is -2.47. The van der Waals surface area contributed by atoms with Crippen molar-refractivity contribution >= 4 is 5.97 Å². The van der Waals surface area contributed by atoms with Crippen molar-refractivity contribution in [2.24, 2.45) is 0 Å². The summed E-state index contributed by atoms with van der Waals surface area (Å²) in [6.07, 6.45) is 0.570. The Balaban J connectivity index is 1.68. The van der Waals surface area contributed by atoms with Crippen LogP contribution in [0, 0.1) is 0 Å². The van der Waals surface area contributed by atoms with Crippen LogP contribution in [0.3, 0.4) is 0 Å². The van der Waals surface area contributed by atoms with Crippen molar-refractivity contribution in [3.63, 3.8) is 0 Å². The maximum atomic E-state index is 12.2.